The Bertz CT molecular complexity index is 309. The van der Waals surface area contributed by atoms with Gasteiger partial charge in [-0.1, -0.05) is 11.6 Å². The highest BCUT2D eigenvalue weighted by atomic mass is 35.5. The molecule has 0 heterocycles. The molecule has 13 heavy (non-hydrogen) atoms. The van der Waals surface area contributed by atoms with Crippen LogP contribution in [0.15, 0.2) is 23.1 Å². The number of alkyl halides is 3. The van der Waals surface area contributed by atoms with Crippen LogP contribution in [0.1, 0.15) is 5.56 Å². The van der Waals surface area contributed by atoms with Crippen molar-refractivity contribution in [2.24, 2.45) is 0 Å². The van der Waals surface area contributed by atoms with Gasteiger partial charge in [0.15, 0.2) is 0 Å². The fraction of sp³-hybridized carbons (Fsp3) is 0.250. The molecule has 0 unspecified atom stereocenters. The molecule has 0 bridgehead atoms. The van der Waals surface area contributed by atoms with Crippen LogP contribution in [0.5, 0.6) is 0 Å². The third-order valence-corrected chi connectivity index (χ3v) is 2.53. The van der Waals surface area contributed by atoms with E-state index in [1.807, 2.05) is 0 Å². The van der Waals surface area contributed by atoms with E-state index in [0.29, 0.717) is 4.90 Å². The molecule has 5 heteroatoms. The molecule has 0 aliphatic carbocycles. The molecule has 72 valence electrons. The van der Waals surface area contributed by atoms with Gasteiger partial charge in [-0.3, -0.25) is 0 Å². The first-order valence-electron chi connectivity index (χ1n) is 3.36. The van der Waals surface area contributed by atoms with Gasteiger partial charge in [0.05, 0.1) is 10.6 Å². The summed E-state index contributed by atoms with van der Waals surface area (Å²) in [5.74, 6) is 0. The maximum atomic E-state index is 12.3. The first kappa shape index (κ1) is 10.7. The molecule has 1 rings (SSSR count). The minimum Gasteiger partial charge on any atom is -0.166 e. The predicted molar refractivity (Wildman–Crippen MR) is 48.2 cm³/mol. The second kappa shape index (κ2) is 3.80. The largest absolute Gasteiger partial charge is 0.417 e. The van der Waals surface area contributed by atoms with E-state index in [-0.39, 0.29) is 5.02 Å². The Hall–Kier alpha value is -0.350. The van der Waals surface area contributed by atoms with Crippen LogP contribution < -0.4 is 0 Å². The zero-order valence-corrected chi connectivity index (χ0v) is 8.22. The van der Waals surface area contributed by atoms with E-state index in [1.165, 1.54) is 17.8 Å². The van der Waals surface area contributed by atoms with Gasteiger partial charge >= 0.3 is 6.18 Å². The van der Waals surface area contributed by atoms with E-state index in [1.54, 1.807) is 12.3 Å². The monoisotopic (exact) mass is 226 g/mol. The highest BCUT2D eigenvalue weighted by Gasteiger charge is 2.33. The Balaban J connectivity index is 3.19. The van der Waals surface area contributed by atoms with Crippen LogP contribution in [-0.2, 0) is 6.18 Å². The smallest absolute Gasteiger partial charge is 0.166 e. The molecule has 0 aromatic heterocycles. The van der Waals surface area contributed by atoms with Gasteiger partial charge in [0.25, 0.3) is 0 Å². The van der Waals surface area contributed by atoms with Crippen LogP contribution in [0.4, 0.5) is 13.2 Å². The molecule has 0 atom stereocenters. The zero-order valence-electron chi connectivity index (χ0n) is 6.65. The topological polar surface area (TPSA) is 0 Å². The van der Waals surface area contributed by atoms with E-state index in [2.05, 4.69) is 0 Å². The molecule has 0 saturated heterocycles. The summed E-state index contributed by atoms with van der Waals surface area (Å²) >= 11 is 6.66. The Morgan fingerprint density at radius 2 is 1.92 bits per heavy atom. The van der Waals surface area contributed by atoms with Gasteiger partial charge in [-0.2, -0.15) is 13.2 Å². The summed E-state index contributed by atoms with van der Waals surface area (Å²) in [5.41, 5.74) is -0.777. The summed E-state index contributed by atoms with van der Waals surface area (Å²) in [7, 11) is 0. The summed E-state index contributed by atoms with van der Waals surface area (Å²) < 4.78 is 36.8. The number of thioether (sulfide) groups is 1. The van der Waals surface area contributed by atoms with Crippen LogP contribution in [0, 0.1) is 0 Å². The van der Waals surface area contributed by atoms with Gasteiger partial charge in [-0.25, -0.2) is 0 Å². The molecule has 0 amide bonds. The lowest BCUT2D eigenvalue weighted by Crippen LogP contribution is -2.05. The van der Waals surface area contributed by atoms with Crippen molar-refractivity contribution in [3.8, 4) is 0 Å². The van der Waals surface area contributed by atoms with Crippen molar-refractivity contribution in [1.82, 2.24) is 0 Å². The summed E-state index contributed by atoms with van der Waals surface area (Å²) in [6, 6.07) is 3.87. The molecular weight excluding hydrogens is 221 g/mol. The Labute approximate surface area is 83.1 Å². The average molecular weight is 227 g/mol. The molecule has 0 aliphatic heterocycles. The third kappa shape index (κ3) is 2.54. The van der Waals surface area contributed by atoms with Gasteiger partial charge in [-0.05, 0) is 24.5 Å². The quantitative estimate of drug-likeness (QED) is 0.651. The van der Waals surface area contributed by atoms with Crippen LogP contribution in [0.2, 0.25) is 5.02 Å². The second-order valence-electron chi connectivity index (χ2n) is 2.34. The Morgan fingerprint density at radius 1 is 1.31 bits per heavy atom. The predicted octanol–water partition coefficient (Wildman–Crippen LogP) is 4.08. The van der Waals surface area contributed by atoms with Crippen molar-refractivity contribution >= 4 is 23.4 Å². The first-order valence-corrected chi connectivity index (χ1v) is 4.96. The summed E-state index contributed by atoms with van der Waals surface area (Å²) in [4.78, 5) is 0.553. The van der Waals surface area contributed by atoms with Crippen LogP contribution in [-0.4, -0.2) is 6.26 Å². The highest BCUT2D eigenvalue weighted by molar-refractivity contribution is 7.98. The second-order valence-corrected chi connectivity index (χ2v) is 3.63. The summed E-state index contributed by atoms with van der Waals surface area (Å²) in [5, 5.41) is -0.259. The van der Waals surface area contributed by atoms with Gasteiger partial charge in [0, 0.05) is 4.90 Å². The minimum absolute atomic E-state index is 0.259. The van der Waals surface area contributed by atoms with Crippen LogP contribution >= 0.6 is 23.4 Å². The third-order valence-electron chi connectivity index (χ3n) is 1.48. The molecular formula is C8H6ClF3S. The zero-order chi connectivity index (χ0) is 10.1. The standard InChI is InChI=1S/C8H6ClF3S/c1-13-5-2-3-7(9)6(4-5)8(10,11)12/h2-4H,1H3. The summed E-state index contributed by atoms with van der Waals surface area (Å²) in [6.45, 7) is 0. The SMILES string of the molecule is CSc1ccc(Cl)c(C(F)(F)F)c1. The molecule has 0 fully saturated rings. The number of rotatable bonds is 1. The fourth-order valence-corrected chi connectivity index (χ4v) is 1.51. The van der Waals surface area contributed by atoms with Crippen molar-refractivity contribution in [3.63, 3.8) is 0 Å². The maximum Gasteiger partial charge on any atom is 0.417 e. The Morgan fingerprint density at radius 3 is 2.38 bits per heavy atom. The van der Waals surface area contributed by atoms with E-state index in [9.17, 15) is 13.2 Å². The number of hydrogen-bond acceptors (Lipinski definition) is 1. The number of benzene rings is 1. The van der Waals surface area contributed by atoms with E-state index in [0.717, 1.165) is 6.07 Å². The first-order chi connectivity index (χ1) is 5.95. The molecule has 0 spiro atoms. The van der Waals surface area contributed by atoms with Crippen molar-refractivity contribution < 1.29 is 13.2 Å². The van der Waals surface area contributed by atoms with Crippen molar-refractivity contribution in [2.45, 2.75) is 11.1 Å². The van der Waals surface area contributed by atoms with Crippen molar-refractivity contribution in [2.75, 3.05) is 6.26 Å². The van der Waals surface area contributed by atoms with Gasteiger partial charge in [-0.15, -0.1) is 11.8 Å². The lowest BCUT2D eigenvalue weighted by Gasteiger charge is -2.09. The normalized spacial score (nSPS) is 11.8. The van der Waals surface area contributed by atoms with E-state index in [4.69, 9.17) is 11.6 Å². The molecule has 0 aliphatic rings. The Kier molecular flexibility index (Phi) is 3.14. The molecule has 0 N–H and O–H groups in total. The van der Waals surface area contributed by atoms with E-state index >= 15 is 0 Å². The molecule has 0 radical (unpaired) electrons. The van der Waals surface area contributed by atoms with E-state index < -0.39 is 11.7 Å². The number of hydrogen-bond donors (Lipinski definition) is 0. The average Bonchev–Trinajstić information content (AvgIpc) is 2.03. The van der Waals surface area contributed by atoms with Crippen molar-refractivity contribution in [3.05, 3.63) is 28.8 Å². The molecule has 1 aromatic carbocycles. The van der Waals surface area contributed by atoms with Crippen molar-refractivity contribution in [1.29, 1.82) is 0 Å². The summed E-state index contributed by atoms with van der Waals surface area (Å²) in [6.07, 6.45) is -2.66. The lowest BCUT2D eigenvalue weighted by atomic mass is 10.2. The maximum absolute atomic E-state index is 12.3. The lowest BCUT2D eigenvalue weighted by molar-refractivity contribution is -0.137. The molecule has 1 aromatic rings. The number of halogens is 4. The fourth-order valence-electron chi connectivity index (χ4n) is 0.849. The minimum atomic E-state index is -4.37. The molecule has 0 saturated carbocycles. The van der Waals surface area contributed by atoms with Gasteiger partial charge < -0.3 is 0 Å². The van der Waals surface area contributed by atoms with Gasteiger partial charge in [0.2, 0.25) is 0 Å². The van der Waals surface area contributed by atoms with Crippen LogP contribution in [0.25, 0.3) is 0 Å². The molecule has 0 nitrogen and oxygen atoms in total. The van der Waals surface area contributed by atoms with Gasteiger partial charge in [0.1, 0.15) is 0 Å². The highest BCUT2D eigenvalue weighted by Crippen LogP contribution is 2.36. The van der Waals surface area contributed by atoms with Crippen LogP contribution in [0.3, 0.4) is 0 Å².